The number of nitrogens with one attached hydrogen (secondary N) is 1. The second kappa shape index (κ2) is 9.40. The zero-order valence-corrected chi connectivity index (χ0v) is 18.9. The third-order valence-corrected chi connectivity index (χ3v) is 8.27. The van der Waals surface area contributed by atoms with Gasteiger partial charge in [0.15, 0.2) is 0 Å². The maximum absolute atomic E-state index is 12.9. The summed E-state index contributed by atoms with van der Waals surface area (Å²) in [5, 5.41) is 3.04. The van der Waals surface area contributed by atoms with Crippen molar-refractivity contribution in [2.45, 2.75) is 51.1 Å². The minimum absolute atomic E-state index is 0.182. The van der Waals surface area contributed by atoms with Gasteiger partial charge < -0.3 is 5.32 Å². The van der Waals surface area contributed by atoms with E-state index in [0.717, 1.165) is 17.8 Å². The van der Waals surface area contributed by atoms with Gasteiger partial charge in [-0.25, -0.2) is 8.42 Å². The van der Waals surface area contributed by atoms with Crippen molar-refractivity contribution in [1.82, 2.24) is 4.90 Å². The Labute approximate surface area is 185 Å². The number of carbonyl (C=O) groups excluding carboxylic acids is 1. The molecule has 4 rings (SSSR count). The van der Waals surface area contributed by atoms with E-state index in [1.165, 1.54) is 36.4 Å². The molecule has 1 saturated heterocycles. The fourth-order valence-corrected chi connectivity index (χ4v) is 6.17. The van der Waals surface area contributed by atoms with E-state index < -0.39 is 10.0 Å². The van der Waals surface area contributed by atoms with Crippen molar-refractivity contribution in [3.8, 4) is 0 Å². The van der Waals surface area contributed by atoms with Gasteiger partial charge in [-0.1, -0.05) is 37.5 Å². The molecule has 6 nitrogen and oxygen atoms in total. The number of para-hydroxylation sites is 1. The average molecular weight is 442 g/mol. The molecule has 0 bridgehead atoms. The van der Waals surface area contributed by atoms with Crippen LogP contribution in [0, 0.1) is 0 Å². The van der Waals surface area contributed by atoms with Gasteiger partial charge in [0.1, 0.15) is 0 Å². The first-order valence-corrected chi connectivity index (χ1v) is 12.7. The second-order valence-electron chi connectivity index (χ2n) is 8.61. The van der Waals surface area contributed by atoms with Crippen LogP contribution < -0.4 is 9.62 Å². The Hall–Kier alpha value is -2.38. The first-order chi connectivity index (χ1) is 14.9. The molecule has 1 aliphatic heterocycles. The molecule has 0 spiro atoms. The third kappa shape index (κ3) is 5.10. The molecule has 7 heteroatoms. The highest BCUT2D eigenvalue weighted by atomic mass is 32.2. The number of hydrogen-bond acceptors (Lipinski definition) is 4. The second-order valence-corrected chi connectivity index (χ2v) is 10.6. The summed E-state index contributed by atoms with van der Waals surface area (Å²) in [6, 6.07) is 15.3. The molecular weight excluding hydrogens is 410 g/mol. The van der Waals surface area contributed by atoms with E-state index in [0.29, 0.717) is 30.3 Å². The Morgan fingerprint density at radius 3 is 2.42 bits per heavy atom. The molecule has 1 saturated carbocycles. The molecule has 1 heterocycles. The fourth-order valence-electron chi connectivity index (χ4n) is 4.60. The molecule has 0 atom stereocenters. The zero-order chi connectivity index (χ0) is 21.8. The monoisotopic (exact) mass is 441 g/mol. The number of carbonyl (C=O) groups is 1. The molecule has 1 aliphatic carbocycles. The lowest BCUT2D eigenvalue weighted by Crippen LogP contribution is -2.33. The topological polar surface area (TPSA) is 69.7 Å². The van der Waals surface area contributed by atoms with E-state index in [9.17, 15) is 13.2 Å². The van der Waals surface area contributed by atoms with Crippen LogP contribution in [0.4, 0.5) is 11.4 Å². The van der Waals surface area contributed by atoms with Crippen LogP contribution in [0.25, 0.3) is 0 Å². The Kier molecular flexibility index (Phi) is 6.62. The average Bonchev–Trinajstić information content (AvgIpc) is 3.14. The first kappa shape index (κ1) is 21.8. The van der Waals surface area contributed by atoms with Crippen LogP contribution in [0.15, 0.2) is 48.5 Å². The largest absolute Gasteiger partial charge is 0.322 e. The van der Waals surface area contributed by atoms with Crippen LogP contribution >= 0.6 is 0 Å². The smallest absolute Gasteiger partial charge is 0.255 e. The number of hydrogen-bond donors (Lipinski definition) is 1. The van der Waals surface area contributed by atoms with Crippen molar-refractivity contribution in [3.05, 3.63) is 59.7 Å². The lowest BCUT2D eigenvalue weighted by molar-refractivity contribution is 0.102. The minimum Gasteiger partial charge on any atom is -0.322 e. The summed E-state index contributed by atoms with van der Waals surface area (Å²) in [7, 11) is -1.05. The normalized spacial score (nSPS) is 19.0. The van der Waals surface area contributed by atoms with Crippen LogP contribution in [0.5, 0.6) is 0 Å². The summed E-state index contributed by atoms with van der Waals surface area (Å²) in [6.07, 6.45) is 7.04. The van der Waals surface area contributed by atoms with Gasteiger partial charge >= 0.3 is 0 Å². The molecule has 2 aliphatic rings. The number of benzene rings is 2. The van der Waals surface area contributed by atoms with Gasteiger partial charge in [0.05, 0.1) is 11.4 Å². The van der Waals surface area contributed by atoms with Gasteiger partial charge in [-0.3, -0.25) is 14.0 Å². The minimum atomic E-state index is -3.22. The number of sulfonamides is 1. The maximum atomic E-state index is 12.9. The fraction of sp³-hybridized carbons (Fsp3) is 0.458. The Morgan fingerprint density at radius 1 is 1.03 bits per heavy atom. The quantitative estimate of drug-likeness (QED) is 0.728. The molecule has 0 radical (unpaired) electrons. The van der Waals surface area contributed by atoms with Crippen LogP contribution in [0.3, 0.4) is 0 Å². The molecule has 166 valence electrons. The number of anilines is 2. The molecule has 0 aromatic heterocycles. The lowest BCUT2D eigenvalue weighted by atomic mass is 9.94. The van der Waals surface area contributed by atoms with Crippen molar-refractivity contribution in [2.75, 3.05) is 29.0 Å². The molecule has 1 N–H and O–H groups in total. The molecule has 2 fully saturated rings. The standard InChI is InChI=1S/C24H31N3O3S/c1-26(21-9-3-2-4-10-21)18-20-8-5-6-11-23(20)25-24(28)19-12-14-22(15-13-19)27-16-7-17-31(27,29)30/h5-6,8,11-15,21H,2-4,7,9-10,16-18H2,1H3,(H,25,28). The van der Waals surface area contributed by atoms with Crippen LogP contribution in [-0.2, 0) is 16.6 Å². The highest BCUT2D eigenvalue weighted by Crippen LogP contribution is 2.26. The molecular formula is C24H31N3O3S. The van der Waals surface area contributed by atoms with Crippen LogP contribution in [0.2, 0.25) is 0 Å². The van der Waals surface area contributed by atoms with Crippen molar-refractivity contribution in [2.24, 2.45) is 0 Å². The van der Waals surface area contributed by atoms with Gasteiger partial charge in [-0.05, 0) is 62.2 Å². The van der Waals surface area contributed by atoms with Crippen LogP contribution in [-0.4, -0.2) is 44.6 Å². The molecule has 2 aromatic carbocycles. The molecule has 1 amide bonds. The van der Waals surface area contributed by atoms with Crippen molar-refractivity contribution in [3.63, 3.8) is 0 Å². The summed E-state index contributed by atoms with van der Waals surface area (Å²) < 4.78 is 25.6. The van der Waals surface area contributed by atoms with Gasteiger partial charge in [0, 0.05) is 30.4 Å². The predicted octanol–water partition coefficient (Wildman–Crippen LogP) is 4.24. The third-order valence-electron chi connectivity index (χ3n) is 6.40. The number of nitrogens with zero attached hydrogens (tertiary/aromatic N) is 2. The van der Waals surface area contributed by atoms with Crippen molar-refractivity contribution >= 4 is 27.3 Å². The van der Waals surface area contributed by atoms with Gasteiger partial charge in [0.2, 0.25) is 10.0 Å². The van der Waals surface area contributed by atoms with Gasteiger partial charge in [-0.2, -0.15) is 0 Å². The van der Waals surface area contributed by atoms with E-state index in [4.69, 9.17) is 0 Å². The van der Waals surface area contributed by atoms with E-state index >= 15 is 0 Å². The van der Waals surface area contributed by atoms with E-state index in [2.05, 4.69) is 23.3 Å². The number of amides is 1. The first-order valence-electron chi connectivity index (χ1n) is 11.1. The molecule has 2 aromatic rings. The summed E-state index contributed by atoms with van der Waals surface area (Å²) in [4.78, 5) is 15.3. The summed E-state index contributed by atoms with van der Waals surface area (Å²) in [6.45, 7) is 1.29. The van der Waals surface area contributed by atoms with E-state index in [1.807, 2.05) is 18.2 Å². The Bertz CT molecular complexity index is 1010. The summed E-state index contributed by atoms with van der Waals surface area (Å²) in [5.74, 6) is -0.00924. The van der Waals surface area contributed by atoms with E-state index in [1.54, 1.807) is 24.3 Å². The molecule has 31 heavy (non-hydrogen) atoms. The number of rotatable bonds is 6. The lowest BCUT2D eigenvalue weighted by Gasteiger charge is -2.31. The zero-order valence-electron chi connectivity index (χ0n) is 18.1. The van der Waals surface area contributed by atoms with Crippen molar-refractivity contribution < 1.29 is 13.2 Å². The van der Waals surface area contributed by atoms with Gasteiger partial charge in [0.25, 0.3) is 5.91 Å². The predicted molar refractivity (Wildman–Crippen MR) is 125 cm³/mol. The summed E-state index contributed by atoms with van der Waals surface area (Å²) in [5.41, 5.74) is 3.05. The Balaban J connectivity index is 1.44. The van der Waals surface area contributed by atoms with E-state index in [-0.39, 0.29) is 11.7 Å². The van der Waals surface area contributed by atoms with Gasteiger partial charge in [-0.15, -0.1) is 0 Å². The van der Waals surface area contributed by atoms with Crippen molar-refractivity contribution in [1.29, 1.82) is 0 Å². The highest BCUT2D eigenvalue weighted by molar-refractivity contribution is 7.93. The highest BCUT2D eigenvalue weighted by Gasteiger charge is 2.28. The maximum Gasteiger partial charge on any atom is 0.255 e. The molecule has 0 unspecified atom stereocenters. The Morgan fingerprint density at radius 2 is 1.74 bits per heavy atom. The summed E-state index contributed by atoms with van der Waals surface area (Å²) >= 11 is 0. The SMILES string of the molecule is CN(Cc1ccccc1NC(=O)c1ccc(N2CCCS2(=O)=O)cc1)C1CCCCC1. The van der Waals surface area contributed by atoms with Crippen LogP contribution in [0.1, 0.15) is 54.4 Å².